The lowest BCUT2D eigenvalue weighted by Crippen LogP contribution is -2.34. The lowest BCUT2D eigenvalue weighted by molar-refractivity contribution is 0.417. The maximum absolute atomic E-state index is 5.95. The Bertz CT molecular complexity index is 107. The first-order chi connectivity index (χ1) is 5.08. The summed E-state index contributed by atoms with van der Waals surface area (Å²) in [5.41, 5.74) is 5.97. The molecule has 0 spiro atoms. The first-order valence-electron chi connectivity index (χ1n) is 4.70. The summed E-state index contributed by atoms with van der Waals surface area (Å²) in [6, 6.07) is 0. The highest BCUT2D eigenvalue weighted by Crippen LogP contribution is 2.31. The summed E-state index contributed by atoms with van der Waals surface area (Å²) in [4.78, 5) is 0. The van der Waals surface area contributed by atoms with Crippen molar-refractivity contribution in [2.75, 3.05) is 0 Å². The molecule has 1 rings (SSSR count). The van der Waals surface area contributed by atoms with E-state index in [-0.39, 0.29) is 5.54 Å². The zero-order chi connectivity index (χ0) is 8.32. The Morgan fingerprint density at radius 3 is 2.18 bits per heavy atom. The van der Waals surface area contributed by atoms with Gasteiger partial charge in [0.1, 0.15) is 0 Å². The van der Waals surface area contributed by atoms with E-state index in [1.54, 1.807) is 5.92 Å². The van der Waals surface area contributed by atoms with Gasteiger partial charge in [0.15, 0.2) is 0 Å². The summed E-state index contributed by atoms with van der Waals surface area (Å²) < 4.78 is 0. The van der Waals surface area contributed by atoms with Crippen molar-refractivity contribution >= 4 is 0 Å². The van der Waals surface area contributed by atoms with Gasteiger partial charge in [0.25, 0.3) is 0 Å². The van der Waals surface area contributed by atoms with Gasteiger partial charge in [0.2, 0.25) is 0 Å². The molecule has 0 aromatic rings. The molecule has 0 aromatic carbocycles. The van der Waals surface area contributed by atoms with Crippen LogP contribution in [0.15, 0.2) is 0 Å². The van der Waals surface area contributed by atoms with E-state index in [4.69, 9.17) is 5.73 Å². The molecule has 1 heteroatoms. The van der Waals surface area contributed by atoms with Crippen LogP contribution < -0.4 is 5.73 Å². The zero-order valence-corrected chi connectivity index (χ0v) is 7.82. The number of nitrogens with two attached hydrogens (primary N) is 1. The maximum atomic E-state index is 5.95. The van der Waals surface area contributed by atoms with Gasteiger partial charge in [0, 0.05) is 5.54 Å². The molecule has 1 radical (unpaired) electrons. The SMILES string of the molecule is CC(C)(N)C[C]1CCCCC1. The minimum atomic E-state index is 0.0205. The van der Waals surface area contributed by atoms with Crippen molar-refractivity contribution in [1.82, 2.24) is 0 Å². The lowest BCUT2D eigenvalue weighted by Gasteiger charge is -2.28. The van der Waals surface area contributed by atoms with Crippen LogP contribution in [0.1, 0.15) is 52.4 Å². The minimum absolute atomic E-state index is 0.0205. The summed E-state index contributed by atoms with van der Waals surface area (Å²) in [5.74, 6) is 1.70. The molecule has 0 atom stereocenters. The highest BCUT2D eigenvalue weighted by Gasteiger charge is 2.20. The second kappa shape index (κ2) is 3.57. The van der Waals surface area contributed by atoms with Crippen LogP contribution >= 0.6 is 0 Å². The minimum Gasteiger partial charge on any atom is -0.326 e. The van der Waals surface area contributed by atoms with Gasteiger partial charge >= 0.3 is 0 Å². The van der Waals surface area contributed by atoms with E-state index < -0.39 is 0 Å². The maximum Gasteiger partial charge on any atom is 0.0102 e. The second-order valence-corrected chi connectivity index (χ2v) is 4.48. The summed E-state index contributed by atoms with van der Waals surface area (Å²) in [6.07, 6.45) is 8.01. The topological polar surface area (TPSA) is 26.0 Å². The molecule has 1 saturated carbocycles. The van der Waals surface area contributed by atoms with E-state index in [1.165, 1.54) is 32.1 Å². The van der Waals surface area contributed by atoms with E-state index in [0.29, 0.717) is 0 Å². The Kier molecular flexibility index (Phi) is 2.94. The summed E-state index contributed by atoms with van der Waals surface area (Å²) in [5, 5.41) is 0. The van der Waals surface area contributed by atoms with E-state index in [1.807, 2.05) is 0 Å². The molecule has 0 amide bonds. The third-order valence-electron chi connectivity index (χ3n) is 2.27. The van der Waals surface area contributed by atoms with Crippen LogP contribution in [0.3, 0.4) is 0 Å². The van der Waals surface area contributed by atoms with Crippen LogP contribution in [0.25, 0.3) is 0 Å². The Labute approximate surface area is 70.4 Å². The van der Waals surface area contributed by atoms with Crippen molar-refractivity contribution < 1.29 is 0 Å². The molecule has 1 aliphatic rings. The molecule has 1 aliphatic carbocycles. The zero-order valence-electron chi connectivity index (χ0n) is 7.82. The fourth-order valence-corrected chi connectivity index (χ4v) is 1.87. The fourth-order valence-electron chi connectivity index (χ4n) is 1.87. The number of hydrogen-bond acceptors (Lipinski definition) is 1. The summed E-state index contributed by atoms with van der Waals surface area (Å²) in [6.45, 7) is 4.24. The standard InChI is InChI=1S/C10H20N/c1-10(2,11)8-9-6-4-3-5-7-9/h3-8,11H2,1-2H3. The van der Waals surface area contributed by atoms with Crippen molar-refractivity contribution in [3.63, 3.8) is 0 Å². The van der Waals surface area contributed by atoms with Gasteiger partial charge < -0.3 is 5.73 Å². The van der Waals surface area contributed by atoms with Crippen molar-refractivity contribution in [2.45, 2.75) is 57.9 Å². The molecule has 1 fully saturated rings. The molecule has 0 unspecified atom stereocenters. The first-order valence-corrected chi connectivity index (χ1v) is 4.70. The molecule has 0 bridgehead atoms. The van der Waals surface area contributed by atoms with Gasteiger partial charge in [-0.1, -0.05) is 19.3 Å². The molecule has 0 aromatic heterocycles. The molecule has 0 heterocycles. The Morgan fingerprint density at radius 1 is 1.18 bits per heavy atom. The van der Waals surface area contributed by atoms with Crippen LogP contribution in [0.4, 0.5) is 0 Å². The van der Waals surface area contributed by atoms with Gasteiger partial charge in [0.05, 0.1) is 0 Å². The van der Waals surface area contributed by atoms with Crippen LogP contribution in [0.2, 0.25) is 0 Å². The highest BCUT2D eigenvalue weighted by molar-refractivity contribution is 4.98. The second-order valence-electron chi connectivity index (χ2n) is 4.48. The van der Waals surface area contributed by atoms with Gasteiger partial charge in [-0.2, -0.15) is 0 Å². The van der Waals surface area contributed by atoms with Crippen LogP contribution in [-0.4, -0.2) is 5.54 Å². The van der Waals surface area contributed by atoms with E-state index in [0.717, 1.165) is 6.42 Å². The van der Waals surface area contributed by atoms with Crippen LogP contribution in [0.5, 0.6) is 0 Å². The van der Waals surface area contributed by atoms with Gasteiger partial charge in [-0.05, 0) is 39.0 Å². The van der Waals surface area contributed by atoms with Crippen molar-refractivity contribution in [3.05, 3.63) is 5.92 Å². The van der Waals surface area contributed by atoms with Crippen LogP contribution in [0, 0.1) is 5.92 Å². The predicted octanol–water partition coefficient (Wildman–Crippen LogP) is 2.65. The average Bonchev–Trinajstić information content (AvgIpc) is 1.85. The Hall–Kier alpha value is -0.0400. The number of rotatable bonds is 2. The van der Waals surface area contributed by atoms with E-state index in [2.05, 4.69) is 13.8 Å². The van der Waals surface area contributed by atoms with Gasteiger partial charge in [-0.15, -0.1) is 0 Å². The lowest BCUT2D eigenvalue weighted by atomic mass is 9.81. The third kappa shape index (κ3) is 3.76. The van der Waals surface area contributed by atoms with Crippen molar-refractivity contribution in [3.8, 4) is 0 Å². The van der Waals surface area contributed by atoms with E-state index in [9.17, 15) is 0 Å². The quantitative estimate of drug-likeness (QED) is 0.650. The molecular formula is C10H20N. The Morgan fingerprint density at radius 2 is 1.73 bits per heavy atom. The summed E-state index contributed by atoms with van der Waals surface area (Å²) in [7, 11) is 0. The molecule has 11 heavy (non-hydrogen) atoms. The van der Waals surface area contributed by atoms with E-state index >= 15 is 0 Å². The predicted molar refractivity (Wildman–Crippen MR) is 49.2 cm³/mol. The van der Waals surface area contributed by atoms with Crippen molar-refractivity contribution in [1.29, 1.82) is 0 Å². The number of hydrogen-bond donors (Lipinski definition) is 1. The normalized spacial score (nSPS) is 22.1. The molecule has 1 nitrogen and oxygen atoms in total. The molecule has 0 saturated heterocycles. The molecular weight excluding hydrogens is 134 g/mol. The Balaban J connectivity index is 2.24. The highest BCUT2D eigenvalue weighted by atomic mass is 14.7. The fraction of sp³-hybridized carbons (Fsp3) is 0.900. The smallest absolute Gasteiger partial charge is 0.0102 e. The largest absolute Gasteiger partial charge is 0.326 e. The first kappa shape index (κ1) is 9.05. The van der Waals surface area contributed by atoms with Crippen molar-refractivity contribution in [2.24, 2.45) is 5.73 Å². The van der Waals surface area contributed by atoms with Gasteiger partial charge in [-0.3, -0.25) is 0 Å². The molecule has 0 aliphatic heterocycles. The summed E-state index contributed by atoms with van der Waals surface area (Å²) >= 11 is 0. The monoisotopic (exact) mass is 154 g/mol. The third-order valence-corrected chi connectivity index (χ3v) is 2.27. The molecule has 65 valence electrons. The van der Waals surface area contributed by atoms with Gasteiger partial charge in [-0.25, -0.2) is 0 Å². The molecule has 2 N–H and O–H groups in total. The average molecular weight is 154 g/mol. The van der Waals surface area contributed by atoms with Crippen LogP contribution in [-0.2, 0) is 0 Å².